The van der Waals surface area contributed by atoms with Crippen molar-refractivity contribution in [3.8, 4) is 0 Å². The van der Waals surface area contributed by atoms with Gasteiger partial charge in [-0.05, 0) is 38.2 Å². The van der Waals surface area contributed by atoms with Gasteiger partial charge >= 0.3 is 0 Å². The zero-order chi connectivity index (χ0) is 14.4. The van der Waals surface area contributed by atoms with Gasteiger partial charge in [0, 0.05) is 19.2 Å². The predicted octanol–water partition coefficient (Wildman–Crippen LogP) is 2.19. The molecule has 2 atom stereocenters. The summed E-state index contributed by atoms with van der Waals surface area (Å²) < 4.78 is 7.91. The molecule has 2 unspecified atom stereocenters. The molecule has 0 saturated carbocycles. The van der Waals surface area contributed by atoms with E-state index in [1.54, 1.807) is 0 Å². The largest absolute Gasteiger partial charge is 0.377 e. The van der Waals surface area contributed by atoms with Crippen LogP contribution in [0.25, 0.3) is 0 Å². The summed E-state index contributed by atoms with van der Waals surface area (Å²) in [7, 11) is 0. The van der Waals surface area contributed by atoms with Crippen molar-refractivity contribution in [3.05, 3.63) is 18.0 Å². The van der Waals surface area contributed by atoms with Gasteiger partial charge in [0.05, 0.1) is 23.9 Å². The first kappa shape index (κ1) is 15.5. The SMILES string of the molecule is CCC(CC)n1ccc(CC(NN)C2CCCCO2)n1. The second-order valence-electron chi connectivity index (χ2n) is 5.64. The van der Waals surface area contributed by atoms with Crippen LogP contribution in [-0.2, 0) is 11.2 Å². The van der Waals surface area contributed by atoms with Gasteiger partial charge < -0.3 is 4.74 Å². The molecule has 1 aromatic rings. The van der Waals surface area contributed by atoms with Crippen LogP contribution in [0, 0.1) is 0 Å². The maximum Gasteiger partial charge on any atom is 0.0745 e. The van der Waals surface area contributed by atoms with Crippen LogP contribution in [0.1, 0.15) is 57.7 Å². The molecular weight excluding hydrogens is 252 g/mol. The third-order valence-corrected chi connectivity index (χ3v) is 4.29. The van der Waals surface area contributed by atoms with E-state index in [0.717, 1.165) is 44.4 Å². The second kappa shape index (κ2) is 7.76. The Labute approximate surface area is 121 Å². The third kappa shape index (κ3) is 3.81. The van der Waals surface area contributed by atoms with Crippen molar-refractivity contribution in [1.82, 2.24) is 15.2 Å². The third-order valence-electron chi connectivity index (χ3n) is 4.29. The van der Waals surface area contributed by atoms with Crippen molar-refractivity contribution in [2.24, 2.45) is 5.84 Å². The Morgan fingerprint density at radius 2 is 2.25 bits per heavy atom. The van der Waals surface area contributed by atoms with Crippen molar-refractivity contribution in [1.29, 1.82) is 0 Å². The van der Waals surface area contributed by atoms with Crippen molar-refractivity contribution in [2.45, 2.75) is 70.6 Å². The molecule has 5 heteroatoms. The molecule has 2 heterocycles. The van der Waals surface area contributed by atoms with E-state index in [9.17, 15) is 0 Å². The fourth-order valence-electron chi connectivity index (χ4n) is 2.96. The zero-order valence-electron chi connectivity index (χ0n) is 12.7. The van der Waals surface area contributed by atoms with E-state index in [1.807, 2.05) is 0 Å². The summed E-state index contributed by atoms with van der Waals surface area (Å²) in [5, 5.41) is 4.70. The lowest BCUT2D eigenvalue weighted by Crippen LogP contribution is -2.47. The lowest BCUT2D eigenvalue weighted by molar-refractivity contribution is -0.00766. The van der Waals surface area contributed by atoms with Crippen LogP contribution in [0.15, 0.2) is 12.3 Å². The van der Waals surface area contributed by atoms with Crippen LogP contribution in [0.3, 0.4) is 0 Å². The van der Waals surface area contributed by atoms with Gasteiger partial charge in [-0.1, -0.05) is 13.8 Å². The van der Waals surface area contributed by atoms with E-state index in [1.165, 1.54) is 6.42 Å². The van der Waals surface area contributed by atoms with E-state index in [-0.39, 0.29) is 12.1 Å². The topological polar surface area (TPSA) is 65.1 Å². The standard InChI is InChI=1S/C15H28N4O/c1-3-13(4-2)19-9-8-12(18-19)11-14(17-16)15-7-5-6-10-20-15/h8-9,13-15,17H,3-7,10-11,16H2,1-2H3. The number of hydrogen-bond acceptors (Lipinski definition) is 4. The van der Waals surface area contributed by atoms with Crippen molar-refractivity contribution >= 4 is 0 Å². The number of ether oxygens (including phenoxy) is 1. The summed E-state index contributed by atoms with van der Waals surface area (Å²) in [6, 6.07) is 2.75. The van der Waals surface area contributed by atoms with Gasteiger partial charge in [0.15, 0.2) is 0 Å². The molecule has 0 amide bonds. The average molecular weight is 280 g/mol. The highest BCUT2D eigenvalue weighted by atomic mass is 16.5. The Bertz CT molecular complexity index is 383. The molecule has 0 bridgehead atoms. The smallest absolute Gasteiger partial charge is 0.0745 e. The van der Waals surface area contributed by atoms with Crippen LogP contribution in [0.4, 0.5) is 0 Å². The van der Waals surface area contributed by atoms with E-state index in [2.05, 4.69) is 36.2 Å². The lowest BCUT2D eigenvalue weighted by atomic mass is 9.99. The molecule has 5 nitrogen and oxygen atoms in total. The first-order valence-electron chi connectivity index (χ1n) is 7.90. The predicted molar refractivity (Wildman–Crippen MR) is 80.3 cm³/mol. The number of aromatic nitrogens is 2. The molecule has 20 heavy (non-hydrogen) atoms. The molecule has 0 spiro atoms. The quantitative estimate of drug-likeness (QED) is 0.593. The van der Waals surface area contributed by atoms with Gasteiger partial charge in [0.25, 0.3) is 0 Å². The Morgan fingerprint density at radius 1 is 1.45 bits per heavy atom. The fraction of sp³-hybridized carbons (Fsp3) is 0.800. The lowest BCUT2D eigenvalue weighted by Gasteiger charge is -2.29. The maximum absolute atomic E-state index is 5.82. The minimum Gasteiger partial charge on any atom is -0.377 e. The summed E-state index contributed by atoms with van der Waals surface area (Å²) in [5.41, 5.74) is 4.00. The molecule has 1 aromatic heterocycles. The summed E-state index contributed by atoms with van der Waals surface area (Å²) in [4.78, 5) is 0. The van der Waals surface area contributed by atoms with Crippen LogP contribution in [0.5, 0.6) is 0 Å². The van der Waals surface area contributed by atoms with E-state index < -0.39 is 0 Å². The van der Waals surface area contributed by atoms with Gasteiger partial charge in [-0.2, -0.15) is 5.10 Å². The van der Waals surface area contributed by atoms with Crippen LogP contribution in [0.2, 0.25) is 0 Å². The van der Waals surface area contributed by atoms with Crippen molar-refractivity contribution < 1.29 is 4.74 Å². The number of nitrogens with one attached hydrogen (secondary N) is 1. The highest BCUT2D eigenvalue weighted by molar-refractivity contribution is 5.03. The minimum absolute atomic E-state index is 0.153. The molecule has 3 N–H and O–H groups in total. The second-order valence-corrected chi connectivity index (χ2v) is 5.64. The highest BCUT2D eigenvalue weighted by Crippen LogP contribution is 2.19. The molecule has 2 rings (SSSR count). The summed E-state index contributed by atoms with van der Waals surface area (Å²) in [6.45, 7) is 5.26. The van der Waals surface area contributed by atoms with E-state index in [4.69, 9.17) is 15.7 Å². The summed E-state index contributed by atoms with van der Waals surface area (Å²) in [6.07, 6.45) is 8.83. The summed E-state index contributed by atoms with van der Waals surface area (Å²) >= 11 is 0. The molecule has 1 aliphatic rings. The Morgan fingerprint density at radius 3 is 2.85 bits per heavy atom. The number of rotatable bonds is 7. The monoisotopic (exact) mass is 280 g/mol. The van der Waals surface area contributed by atoms with E-state index in [0.29, 0.717) is 6.04 Å². The van der Waals surface area contributed by atoms with Crippen LogP contribution in [-0.4, -0.2) is 28.5 Å². The van der Waals surface area contributed by atoms with Crippen molar-refractivity contribution in [3.63, 3.8) is 0 Å². The Hall–Kier alpha value is -0.910. The first-order valence-corrected chi connectivity index (χ1v) is 7.90. The van der Waals surface area contributed by atoms with Gasteiger partial charge in [-0.25, -0.2) is 0 Å². The molecule has 0 aliphatic carbocycles. The van der Waals surface area contributed by atoms with Crippen LogP contribution >= 0.6 is 0 Å². The molecule has 1 fully saturated rings. The molecule has 0 aromatic carbocycles. The van der Waals surface area contributed by atoms with Crippen molar-refractivity contribution in [2.75, 3.05) is 6.61 Å². The normalized spacial score (nSPS) is 21.3. The number of hydrogen-bond donors (Lipinski definition) is 2. The molecule has 114 valence electrons. The van der Waals surface area contributed by atoms with Gasteiger partial charge in [-0.15, -0.1) is 0 Å². The van der Waals surface area contributed by atoms with Gasteiger partial charge in [0.1, 0.15) is 0 Å². The molecule has 0 radical (unpaired) electrons. The zero-order valence-corrected chi connectivity index (χ0v) is 12.7. The molecular formula is C15H28N4O. The van der Waals surface area contributed by atoms with E-state index >= 15 is 0 Å². The highest BCUT2D eigenvalue weighted by Gasteiger charge is 2.24. The minimum atomic E-state index is 0.153. The first-order chi connectivity index (χ1) is 9.78. The van der Waals surface area contributed by atoms with Gasteiger partial charge in [0.2, 0.25) is 0 Å². The Balaban J connectivity index is 1.96. The average Bonchev–Trinajstić information content (AvgIpc) is 2.95. The van der Waals surface area contributed by atoms with Crippen LogP contribution < -0.4 is 11.3 Å². The Kier molecular flexibility index (Phi) is 6.01. The number of nitrogens with two attached hydrogens (primary N) is 1. The summed E-state index contributed by atoms with van der Waals surface area (Å²) in [5.74, 6) is 5.71. The fourth-order valence-corrected chi connectivity index (χ4v) is 2.96. The molecule has 1 saturated heterocycles. The number of nitrogens with zero attached hydrogens (tertiary/aromatic N) is 2. The van der Waals surface area contributed by atoms with Gasteiger partial charge in [-0.3, -0.25) is 16.0 Å². The number of hydrazine groups is 1. The maximum atomic E-state index is 5.82. The molecule has 1 aliphatic heterocycles.